The second kappa shape index (κ2) is 4.78. The molecule has 0 saturated heterocycles. The van der Waals surface area contributed by atoms with Gasteiger partial charge in [-0.2, -0.15) is 0 Å². The Balaban J connectivity index is 3.08. The van der Waals surface area contributed by atoms with Crippen LogP contribution in [0.1, 0.15) is 11.6 Å². The molecule has 0 aliphatic rings. The van der Waals surface area contributed by atoms with Crippen molar-refractivity contribution in [2.75, 3.05) is 13.7 Å². The van der Waals surface area contributed by atoms with Gasteiger partial charge in [-0.05, 0) is 34.2 Å². The molecule has 1 rings (SSSR count). The lowest BCUT2D eigenvalue weighted by Crippen LogP contribution is -2.16. The molecule has 0 heterocycles. The van der Waals surface area contributed by atoms with E-state index in [4.69, 9.17) is 15.6 Å². The van der Waals surface area contributed by atoms with E-state index >= 15 is 0 Å². The summed E-state index contributed by atoms with van der Waals surface area (Å²) in [6.45, 7) is -0.0524. The van der Waals surface area contributed by atoms with Crippen LogP contribution in [0.25, 0.3) is 0 Å². The van der Waals surface area contributed by atoms with Crippen LogP contribution in [0, 0.1) is 3.57 Å². The Bertz CT molecular complexity index is 291. The standard InChI is InChI=1S/C9H12INO2/c1-13-8-4-2-3-6(9(8)10)7(11)5-12/h2-4,7,12H,5,11H2,1H3/t7-/m1/s1. The van der Waals surface area contributed by atoms with Crippen molar-refractivity contribution in [2.24, 2.45) is 5.73 Å². The van der Waals surface area contributed by atoms with Crippen molar-refractivity contribution in [1.29, 1.82) is 0 Å². The molecule has 1 aromatic rings. The highest BCUT2D eigenvalue weighted by molar-refractivity contribution is 14.1. The molecule has 0 aromatic heterocycles. The van der Waals surface area contributed by atoms with E-state index in [1.807, 2.05) is 18.2 Å². The topological polar surface area (TPSA) is 55.5 Å². The summed E-state index contributed by atoms with van der Waals surface area (Å²) in [7, 11) is 1.62. The number of benzene rings is 1. The highest BCUT2D eigenvalue weighted by Crippen LogP contribution is 2.27. The zero-order valence-corrected chi connectivity index (χ0v) is 9.48. The van der Waals surface area contributed by atoms with Crippen LogP contribution in [0.5, 0.6) is 5.75 Å². The predicted molar refractivity (Wildman–Crippen MR) is 59.7 cm³/mol. The molecular weight excluding hydrogens is 281 g/mol. The van der Waals surface area contributed by atoms with Gasteiger partial charge in [0.15, 0.2) is 0 Å². The molecule has 0 radical (unpaired) electrons. The Hall–Kier alpha value is -0.330. The highest BCUT2D eigenvalue weighted by Gasteiger charge is 2.11. The first kappa shape index (κ1) is 10.7. The first-order valence-electron chi connectivity index (χ1n) is 3.89. The summed E-state index contributed by atoms with van der Waals surface area (Å²) >= 11 is 2.16. The van der Waals surface area contributed by atoms with Gasteiger partial charge in [-0.1, -0.05) is 12.1 Å². The van der Waals surface area contributed by atoms with Gasteiger partial charge in [0.2, 0.25) is 0 Å². The predicted octanol–water partition coefficient (Wildman–Crippen LogP) is 1.29. The molecule has 0 fully saturated rings. The van der Waals surface area contributed by atoms with Gasteiger partial charge in [0.25, 0.3) is 0 Å². The molecule has 3 nitrogen and oxygen atoms in total. The van der Waals surface area contributed by atoms with Gasteiger partial charge < -0.3 is 15.6 Å². The van der Waals surface area contributed by atoms with Crippen molar-refractivity contribution in [2.45, 2.75) is 6.04 Å². The Morgan fingerprint density at radius 3 is 2.85 bits per heavy atom. The van der Waals surface area contributed by atoms with Crippen molar-refractivity contribution < 1.29 is 9.84 Å². The van der Waals surface area contributed by atoms with Gasteiger partial charge in [-0.25, -0.2) is 0 Å². The molecule has 3 N–H and O–H groups in total. The molecule has 72 valence electrons. The van der Waals surface area contributed by atoms with Crippen molar-refractivity contribution in [3.63, 3.8) is 0 Å². The van der Waals surface area contributed by atoms with Gasteiger partial charge in [0, 0.05) is 0 Å². The average Bonchev–Trinajstić information content (AvgIpc) is 2.17. The fraction of sp³-hybridized carbons (Fsp3) is 0.333. The molecule has 13 heavy (non-hydrogen) atoms. The molecule has 4 heteroatoms. The van der Waals surface area contributed by atoms with E-state index < -0.39 is 0 Å². The molecule has 1 aromatic carbocycles. The van der Waals surface area contributed by atoms with E-state index in [-0.39, 0.29) is 12.6 Å². The molecule has 0 amide bonds. The molecule has 0 aliphatic heterocycles. The Kier molecular flexibility index (Phi) is 3.95. The van der Waals surface area contributed by atoms with Gasteiger partial charge in [0.05, 0.1) is 23.3 Å². The lowest BCUT2D eigenvalue weighted by molar-refractivity contribution is 0.267. The lowest BCUT2D eigenvalue weighted by Gasteiger charge is -2.13. The first-order valence-corrected chi connectivity index (χ1v) is 4.97. The van der Waals surface area contributed by atoms with E-state index in [2.05, 4.69) is 22.6 Å². The maximum Gasteiger partial charge on any atom is 0.132 e. The maximum absolute atomic E-state index is 8.91. The normalized spacial score (nSPS) is 12.6. The fourth-order valence-corrected chi connectivity index (χ4v) is 2.05. The molecule has 0 spiro atoms. The van der Waals surface area contributed by atoms with E-state index in [0.29, 0.717) is 0 Å². The zero-order chi connectivity index (χ0) is 9.84. The number of aliphatic hydroxyl groups is 1. The van der Waals surface area contributed by atoms with Crippen molar-refractivity contribution in [3.05, 3.63) is 27.3 Å². The van der Waals surface area contributed by atoms with Gasteiger partial charge in [0.1, 0.15) is 5.75 Å². The van der Waals surface area contributed by atoms with Crippen LogP contribution in [0.15, 0.2) is 18.2 Å². The van der Waals surface area contributed by atoms with E-state index in [9.17, 15) is 0 Å². The molecule has 0 unspecified atom stereocenters. The summed E-state index contributed by atoms with van der Waals surface area (Å²) < 4.78 is 6.10. The Labute approximate surface area is 91.0 Å². The molecule has 0 aliphatic carbocycles. The third-order valence-corrected chi connectivity index (χ3v) is 2.96. The minimum Gasteiger partial charge on any atom is -0.496 e. The smallest absolute Gasteiger partial charge is 0.132 e. The minimum absolute atomic E-state index is 0.0524. The SMILES string of the molecule is COc1cccc([C@H](N)CO)c1I. The van der Waals surface area contributed by atoms with Gasteiger partial charge in [-0.15, -0.1) is 0 Å². The van der Waals surface area contributed by atoms with Crippen LogP contribution in [-0.4, -0.2) is 18.8 Å². The summed E-state index contributed by atoms with van der Waals surface area (Å²) in [4.78, 5) is 0. The molecule has 0 saturated carbocycles. The summed E-state index contributed by atoms with van der Waals surface area (Å²) in [6, 6.07) is 5.30. The summed E-state index contributed by atoms with van der Waals surface area (Å²) in [5, 5.41) is 8.91. The molecule has 0 bridgehead atoms. The number of halogens is 1. The van der Waals surface area contributed by atoms with Crippen molar-refractivity contribution in [3.8, 4) is 5.75 Å². The van der Waals surface area contributed by atoms with Gasteiger partial charge >= 0.3 is 0 Å². The fourth-order valence-electron chi connectivity index (χ4n) is 1.07. The van der Waals surface area contributed by atoms with Crippen molar-refractivity contribution in [1.82, 2.24) is 0 Å². The number of rotatable bonds is 3. The summed E-state index contributed by atoms with van der Waals surface area (Å²) in [6.07, 6.45) is 0. The Morgan fingerprint density at radius 1 is 1.62 bits per heavy atom. The summed E-state index contributed by atoms with van der Waals surface area (Å²) in [5.41, 5.74) is 6.63. The first-order chi connectivity index (χ1) is 6.20. The molecule has 1 atom stereocenters. The largest absolute Gasteiger partial charge is 0.496 e. The monoisotopic (exact) mass is 293 g/mol. The zero-order valence-electron chi connectivity index (χ0n) is 7.33. The van der Waals surface area contributed by atoms with E-state index in [1.165, 1.54) is 0 Å². The van der Waals surface area contributed by atoms with E-state index in [0.717, 1.165) is 14.9 Å². The second-order valence-corrected chi connectivity index (χ2v) is 3.73. The number of hydrogen-bond donors (Lipinski definition) is 2. The highest BCUT2D eigenvalue weighted by atomic mass is 127. The third kappa shape index (κ3) is 2.32. The average molecular weight is 293 g/mol. The van der Waals surface area contributed by atoms with Crippen LogP contribution in [0.4, 0.5) is 0 Å². The maximum atomic E-state index is 8.91. The number of ether oxygens (including phenoxy) is 1. The third-order valence-electron chi connectivity index (χ3n) is 1.81. The van der Waals surface area contributed by atoms with Crippen molar-refractivity contribution >= 4 is 22.6 Å². The quantitative estimate of drug-likeness (QED) is 0.826. The van der Waals surface area contributed by atoms with Crippen LogP contribution in [0.2, 0.25) is 0 Å². The summed E-state index contributed by atoms with van der Waals surface area (Å²) in [5.74, 6) is 0.794. The van der Waals surface area contributed by atoms with Crippen LogP contribution >= 0.6 is 22.6 Å². The number of methoxy groups -OCH3 is 1. The van der Waals surface area contributed by atoms with Gasteiger partial charge in [-0.3, -0.25) is 0 Å². The lowest BCUT2D eigenvalue weighted by atomic mass is 10.1. The second-order valence-electron chi connectivity index (χ2n) is 2.65. The molecular formula is C9H12INO2. The Morgan fingerprint density at radius 2 is 2.31 bits per heavy atom. The van der Waals surface area contributed by atoms with Crippen LogP contribution < -0.4 is 10.5 Å². The minimum atomic E-state index is -0.331. The number of nitrogens with two attached hydrogens (primary N) is 1. The van der Waals surface area contributed by atoms with E-state index in [1.54, 1.807) is 7.11 Å². The van der Waals surface area contributed by atoms with Crippen LogP contribution in [-0.2, 0) is 0 Å². The number of aliphatic hydroxyl groups excluding tert-OH is 1. The van der Waals surface area contributed by atoms with Crippen LogP contribution in [0.3, 0.4) is 0 Å². The number of hydrogen-bond acceptors (Lipinski definition) is 3.